The van der Waals surface area contributed by atoms with E-state index in [2.05, 4.69) is 43.3 Å². The number of nitrogens with one attached hydrogen (secondary N) is 2. The maximum absolute atomic E-state index is 12.5. The molecule has 0 fully saturated rings. The first-order valence-electron chi connectivity index (χ1n) is 9.63. The molecule has 0 saturated heterocycles. The molecule has 2 N–H and O–H groups in total. The Morgan fingerprint density at radius 1 is 1.12 bits per heavy atom. The van der Waals surface area contributed by atoms with Gasteiger partial charge in [-0.25, -0.2) is 0 Å². The minimum Gasteiger partial charge on any atom is -0.497 e. The number of aromatic nitrogens is 3. The lowest BCUT2D eigenvalue weighted by molar-refractivity contribution is -0.116. The Bertz CT molecular complexity index is 1120. The molecule has 3 aromatic rings. The van der Waals surface area contributed by atoms with Crippen LogP contribution in [0.25, 0.3) is 0 Å². The summed E-state index contributed by atoms with van der Waals surface area (Å²) in [7, 11) is 1.57. The number of ether oxygens (including phenoxy) is 1. The molecule has 166 valence electrons. The summed E-state index contributed by atoms with van der Waals surface area (Å²) < 4.78 is 7.83. The van der Waals surface area contributed by atoms with Crippen molar-refractivity contribution in [2.75, 3.05) is 23.5 Å². The van der Waals surface area contributed by atoms with Crippen LogP contribution in [0.4, 0.5) is 11.4 Å². The van der Waals surface area contributed by atoms with Crippen LogP contribution in [-0.4, -0.2) is 39.4 Å². The zero-order valence-electron chi connectivity index (χ0n) is 17.4. The van der Waals surface area contributed by atoms with Gasteiger partial charge in [0.1, 0.15) is 11.6 Å². The number of nitrogens with zero attached hydrogens (tertiary/aromatic N) is 3. The normalized spacial score (nSPS) is 10.4. The number of hydrogen-bond acceptors (Lipinski definition) is 6. The van der Waals surface area contributed by atoms with E-state index in [9.17, 15) is 9.59 Å². The number of hydrogen-bond donors (Lipinski definition) is 2. The molecule has 0 aliphatic carbocycles. The van der Waals surface area contributed by atoms with Gasteiger partial charge in [0.15, 0.2) is 5.16 Å². The third kappa shape index (κ3) is 6.69. The van der Waals surface area contributed by atoms with Crippen molar-refractivity contribution in [2.24, 2.45) is 0 Å². The molecule has 0 atom stereocenters. The van der Waals surface area contributed by atoms with Gasteiger partial charge in [0.25, 0.3) is 0 Å². The smallest absolute Gasteiger partial charge is 0.234 e. The highest BCUT2D eigenvalue weighted by atomic mass is 79.9. The Balaban J connectivity index is 1.62. The Kier molecular flexibility index (Phi) is 8.46. The first-order chi connectivity index (χ1) is 15.5. The predicted octanol–water partition coefficient (Wildman–Crippen LogP) is 4.15. The van der Waals surface area contributed by atoms with Crippen molar-refractivity contribution < 1.29 is 14.3 Å². The van der Waals surface area contributed by atoms with Gasteiger partial charge in [-0.2, -0.15) is 0 Å². The Hall–Kier alpha value is -3.11. The largest absolute Gasteiger partial charge is 0.497 e. The lowest BCUT2D eigenvalue weighted by Gasteiger charge is -2.09. The summed E-state index contributed by atoms with van der Waals surface area (Å²) in [5.41, 5.74) is 1.33. The second-order valence-electron chi connectivity index (χ2n) is 6.60. The molecule has 0 radical (unpaired) electrons. The van der Waals surface area contributed by atoms with Gasteiger partial charge in [-0.15, -0.1) is 16.8 Å². The summed E-state index contributed by atoms with van der Waals surface area (Å²) in [5, 5.41) is 14.5. The van der Waals surface area contributed by atoms with Crippen molar-refractivity contribution >= 4 is 50.9 Å². The van der Waals surface area contributed by atoms with Gasteiger partial charge >= 0.3 is 0 Å². The fraction of sp³-hybridized carbons (Fsp3) is 0.182. The number of rotatable bonds is 10. The van der Waals surface area contributed by atoms with Crippen LogP contribution in [0.3, 0.4) is 0 Å². The molecule has 3 rings (SSSR count). The molecule has 0 spiro atoms. The lowest BCUT2D eigenvalue weighted by Crippen LogP contribution is -2.18. The van der Waals surface area contributed by atoms with Crippen LogP contribution in [0.2, 0.25) is 0 Å². The predicted molar refractivity (Wildman–Crippen MR) is 129 cm³/mol. The van der Waals surface area contributed by atoms with Gasteiger partial charge in [-0.3, -0.25) is 9.59 Å². The zero-order valence-corrected chi connectivity index (χ0v) is 19.8. The molecule has 10 heteroatoms. The SMILES string of the molecule is C=CCn1c(CC(=O)Nc2cccc(OC)c2)nnc1SCC(=O)Nc1cccc(Br)c1. The van der Waals surface area contributed by atoms with Crippen LogP contribution in [0.5, 0.6) is 5.75 Å². The number of anilines is 2. The van der Waals surface area contributed by atoms with E-state index in [1.807, 2.05) is 24.3 Å². The van der Waals surface area contributed by atoms with Crippen LogP contribution < -0.4 is 15.4 Å². The number of amides is 2. The van der Waals surface area contributed by atoms with Crippen molar-refractivity contribution in [3.05, 3.63) is 71.5 Å². The summed E-state index contributed by atoms with van der Waals surface area (Å²) in [4.78, 5) is 24.8. The van der Waals surface area contributed by atoms with Gasteiger partial charge in [-0.05, 0) is 30.3 Å². The van der Waals surface area contributed by atoms with Crippen molar-refractivity contribution in [3.8, 4) is 5.75 Å². The van der Waals surface area contributed by atoms with Crippen molar-refractivity contribution in [2.45, 2.75) is 18.1 Å². The fourth-order valence-corrected chi connectivity index (χ4v) is 3.98. The highest BCUT2D eigenvalue weighted by Gasteiger charge is 2.16. The molecule has 0 aliphatic heterocycles. The Labute approximate surface area is 198 Å². The van der Waals surface area contributed by atoms with Gasteiger partial charge < -0.3 is 19.9 Å². The van der Waals surface area contributed by atoms with Gasteiger partial charge in [0.05, 0.1) is 19.3 Å². The van der Waals surface area contributed by atoms with Gasteiger partial charge in [0, 0.05) is 28.5 Å². The highest BCUT2D eigenvalue weighted by Crippen LogP contribution is 2.21. The minimum atomic E-state index is -0.236. The van der Waals surface area contributed by atoms with Gasteiger partial charge in [0.2, 0.25) is 11.8 Å². The molecule has 0 bridgehead atoms. The van der Waals surface area contributed by atoms with Crippen molar-refractivity contribution in [1.82, 2.24) is 14.8 Å². The number of benzene rings is 2. The summed E-state index contributed by atoms with van der Waals surface area (Å²) in [6.45, 7) is 4.18. The minimum absolute atomic E-state index is 0.0306. The molecule has 0 saturated carbocycles. The first kappa shape index (κ1) is 23.6. The Morgan fingerprint density at radius 2 is 1.84 bits per heavy atom. The van der Waals surface area contributed by atoms with Crippen LogP contribution in [0.15, 0.2) is 70.8 Å². The van der Waals surface area contributed by atoms with E-state index in [1.54, 1.807) is 42.0 Å². The van der Waals surface area contributed by atoms with Crippen LogP contribution >= 0.6 is 27.7 Å². The molecule has 8 nitrogen and oxygen atoms in total. The number of allylic oxidation sites excluding steroid dienone is 1. The number of methoxy groups -OCH3 is 1. The van der Waals surface area contributed by atoms with Gasteiger partial charge in [-0.1, -0.05) is 45.9 Å². The average Bonchev–Trinajstić information content (AvgIpc) is 3.13. The number of carbonyl (C=O) groups excluding carboxylic acids is 2. The van der Waals surface area contributed by atoms with Crippen LogP contribution in [-0.2, 0) is 22.6 Å². The summed E-state index contributed by atoms with van der Waals surface area (Å²) in [5.74, 6) is 0.883. The molecule has 32 heavy (non-hydrogen) atoms. The maximum Gasteiger partial charge on any atom is 0.234 e. The third-order valence-electron chi connectivity index (χ3n) is 4.22. The monoisotopic (exact) mass is 515 g/mol. The number of thioether (sulfide) groups is 1. The van der Waals surface area contributed by atoms with Crippen LogP contribution in [0.1, 0.15) is 5.82 Å². The summed E-state index contributed by atoms with van der Waals surface area (Å²) >= 11 is 4.62. The molecule has 2 amide bonds. The van der Waals surface area contributed by atoms with E-state index < -0.39 is 0 Å². The quantitative estimate of drug-likeness (QED) is 0.311. The van der Waals surface area contributed by atoms with Crippen molar-refractivity contribution in [1.29, 1.82) is 0 Å². The lowest BCUT2D eigenvalue weighted by atomic mass is 10.3. The summed E-state index contributed by atoms with van der Waals surface area (Å²) in [6.07, 6.45) is 1.72. The molecular weight excluding hydrogens is 494 g/mol. The summed E-state index contributed by atoms with van der Waals surface area (Å²) in [6, 6.07) is 14.5. The molecule has 0 unspecified atom stereocenters. The molecule has 0 aliphatic rings. The average molecular weight is 516 g/mol. The van der Waals surface area contributed by atoms with E-state index in [1.165, 1.54) is 11.8 Å². The van der Waals surface area contributed by atoms with Crippen LogP contribution in [0, 0.1) is 0 Å². The second kappa shape index (κ2) is 11.5. The Morgan fingerprint density at radius 3 is 2.56 bits per heavy atom. The third-order valence-corrected chi connectivity index (χ3v) is 5.68. The first-order valence-corrected chi connectivity index (χ1v) is 11.4. The standard InChI is InChI=1S/C22H22BrN5O3S/c1-3-10-28-19(13-20(29)24-17-8-5-9-18(12-17)31-2)26-27-22(28)32-14-21(30)25-16-7-4-6-15(23)11-16/h3-9,11-12H,1,10,13-14H2,2H3,(H,24,29)(H,25,30). The van der Waals surface area contributed by atoms with E-state index in [-0.39, 0.29) is 24.0 Å². The van der Waals surface area contributed by atoms with E-state index in [0.717, 1.165) is 4.47 Å². The molecular formula is C22H22BrN5O3S. The van der Waals surface area contributed by atoms with E-state index in [4.69, 9.17) is 4.74 Å². The second-order valence-corrected chi connectivity index (χ2v) is 8.46. The zero-order chi connectivity index (χ0) is 22.9. The molecule has 1 heterocycles. The molecule has 1 aromatic heterocycles. The van der Waals surface area contributed by atoms with E-state index in [0.29, 0.717) is 34.6 Å². The topological polar surface area (TPSA) is 98.1 Å². The maximum atomic E-state index is 12.5. The number of carbonyl (C=O) groups is 2. The number of halogens is 1. The molecule has 2 aromatic carbocycles. The highest BCUT2D eigenvalue weighted by molar-refractivity contribution is 9.10. The fourth-order valence-electron chi connectivity index (χ4n) is 2.81. The van der Waals surface area contributed by atoms with E-state index >= 15 is 0 Å². The van der Waals surface area contributed by atoms with Crippen molar-refractivity contribution in [3.63, 3.8) is 0 Å².